The summed E-state index contributed by atoms with van der Waals surface area (Å²) < 4.78 is 5.24. The van der Waals surface area contributed by atoms with Gasteiger partial charge in [0.1, 0.15) is 5.75 Å². The minimum Gasteiger partial charge on any atom is -0.497 e. The van der Waals surface area contributed by atoms with Crippen molar-refractivity contribution in [3.8, 4) is 5.75 Å². The quantitative estimate of drug-likeness (QED) is 0.553. The first-order valence-corrected chi connectivity index (χ1v) is 10.7. The second-order valence-electron chi connectivity index (χ2n) is 7.90. The fourth-order valence-electron chi connectivity index (χ4n) is 3.99. The van der Waals surface area contributed by atoms with Crippen LogP contribution in [0.2, 0.25) is 0 Å². The second kappa shape index (κ2) is 9.56. The van der Waals surface area contributed by atoms with Gasteiger partial charge in [0.25, 0.3) is 5.91 Å². The Bertz CT molecular complexity index is 1100. The number of hydrogen-bond acceptors (Lipinski definition) is 3. The van der Waals surface area contributed by atoms with E-state index in [1.54, 1.807) is 19.2 Å². The lowest BCUT2D eigenvalue weighted by Crippen LogP contribution is -2.34. The molecule has 0 saturated carbocycles. The number of carbonyl (C=O) groups excluding carboxylic acids is 2. The van der Waals surface area contributed by atoms with Crippen LogP contribution in [0.3, 0.4) is 0 Å². The molecule has 1 heterocycles. The van der Waals surface area contributed by atoms with Crippen molar-refractivity contribution < 1.29 is 14.3 Å². The van der Waals surface area contributed by atoms with Gasteiger partial charge in [-0.2, -0.15) is 0 Å². The Hall–Kier alpha value is -3.80. The van der Waals surface area contributed by atoms with Gasteiger partial charge in [-0.25, -0.2) is 4.79 Å². The number of urea groups is 1. The summed E-state index contributed by atoms with van der Waals surface area (Å²) in [6.07, 6.45) is 1.86. The van der Waals surface area contributed by atoms with Gasteiger partial charge in [0.2, 0.25) is 0 Å². The Balaban J connectivity index is 1.48. The van der Waals surface area contributed by atoms with Crippen LogP contribution in [-0.4, -0.2) is 30.5 Å². The predicted molar refractivity (Wildman–Crippen MR) is 126 cm³/mol. The summed E-state index contributed by atoms with van der Waals surface area (Å²) in [4.78, 5) is 27.7. The number of anilines is 2. The van der Waals surface area contributed by atoms with E-state index in [2.05, 4.69) is 10.6 Å². The average molecular weight is 430 g/mol. The molecule has 0 aliphatic carbocycles. The van der Waals surface area contributed by atoms with Crippen LogP contribution >= 0.6 is 0 Å². The zero-order valence-electron chi connectivity index (χ0n) is 18.3. The minimum atomic E-state index is -0.219. The number of aryl methyl sites for hydroxylation is 1. The van der Waals surface area contributed by atoms with Gasteiger partial charge in [-0.3, -0.25) is 4.79 Å². The zero-order valence-corrected chi connectivity index (χ0v) is 18.3. The van der Waals surface area contributed by atoms with Crippen molar-refractivity contribution in [3.05, 3.63) is 89.5 Å². The molecule has 1 aliphatic heterocycles. The SMILES string of the molecule is COc1ccc(C2CCCN2C(=O)Nc2cc(C(=O)Nc3ccccc3)ccc2C)cc1. The van der Waals surface area contributed by atoms with Crippen LogP contribution in [0.5, 0.6) is 5.75 Å². The van der Waals surface area contributed by atoms with Crippen molar-refractivity contribution in [1.82, 2.24) is 4.90 Å². The highest BCUT2D eigenvalue weighted by Crippen LogP contribution is 2.33. The van der Waals surface area contributed by atoms with Gasteiger partial charge in [-0.15, -0.1) is 0 Å². The molecule has 1 aliphatic rings. The molecule has 1 atom stereocenters. The Labute approximate surface area is 188 Å². The maximum atomic E-state index is 13.1. The van der Waals surface area contributed by atoms with Crippen LogP contribution in [0.1, 0.15) is 40.4 Å². The molecule has 3 aromatic carbocycles. The predicted octanol–water partition coefficient (Wildman–Crippen LogP) is 5.62. The minimum absolute atomic E-state index is 0.0192. The molecule has 3 aromatic rings. The van der Waals surface area contributed by atoms with Gasteiger partial charge in [0, 0.05) is 23.5 Å². The van der Waals surface area contributed by atoms with Crippen LogP contribution in [0.15, 0.2) is 72.8 Å². The summed E-state index contributed by atoms with van der Waals surface area (Å²) in [5, 5.41) is 5.89. The van der Waals surface area contributed by atoms with E-state index in [0.717, 1.165) is 35.4 Å². The number of methoxy groups -OCH3 is 1. The number of likely N-dealkylation sites (tertiary alicyclic amines) is 1. The van der Waals surface area contributed by atoms with Crippen molar-refractivity contribution in [1.29, 1.82) is 0 Å². The highest BCUT2D eigenvalue weighted by molar-refractivity contribution is 6.05. The third kappa shape index (κ3) is 4.75. The molecule has 0 bridgehead atoms. The lowest BCUT2D eigenvalue weighted by Gasteiger charge is -2.26. The molecule has 0 radical (unpaired) electrons. The Morgan fingerprint density at radius 2 is 1.72 bits per heavy atom. The molecule has 4 rings (SSSR count). The number of amides is 3. The summed E-state index contributed by atoms with van der Waals surface area (Å²) >= 11 is 0. The van der Waals surface area contributed by atoms with Gasteiger partial charge in [-0.05, 0) is 67.3 Å². The summed E-state index contributed by atoms with van der Waals surface area (Å²) in [6, 6.07) is 22.4. The lowest BCUT2D eigenvalue weighted by molar-refractivity contribution is 0.102. The molecule has 2 N–H and O–H groups in total. The zero-order chi connectivity index (χ0) is 22.5. The first kappa shape index (κ1) is 21.4. The van der Waals surface area contributed by atoms with Crippen molar-refractivity contribution in [2.45, 2.75) is 25.8 Å². The van der Waals surface area contributed by atoms with Crippen LogP contribution in [0, 0.1) is 6.92 Å². The number of benzene rings is 3. The molecule has 6 heteroatoms. The van der Waals surface area contributed by atoms with E-state index in [-0.39, 0.29) is 18.0 Å². The van der Waals surface area contributed by atoms with E-state index in [4.69, 9.17) is 4.74 Å². The number of rotatable bonds is 5. The van der Waals surface area contributed by atoms with Crippen LogP contribution in [0.25, 0.3) is 0 Å². The van der Waals surface area contributed by atoms with E-state index >= 15 is 0 Å². The Morgan fingerprint density at radius 3 is 2.44 bits per heavy atom. The number of nitrogens with one attached hydrogen (secondary N) is 2. The van der Waals surface area contributed by atoms with E-state index in [1.165, 1.54) is 0 Å². The molecule has 1 unspecified atom stereocenters. The van der Waals surface area contributed by atoms with E-state index in [0.29, 0.717) is 17.8 Å². The molecule has 0 spiro atoms. The van der Waals surface area contributed by atoms with Crippen molar-refractivity contribution in [2.75, 3.05) is 24.3 Å². The number of carbonyl (C=O) groups is 2. The molecule has 0 aromatic heterocycles. The third-order valence-corrected chi connectivity index (χ3v) is 5.79. The Morgan fingerprint density at radius 1 is 0.969 bits per heavy atom. The molecule has 32 heavy (non-hydrogen) atoms. The molecular weight excluding hydrogens is 402 g/mol. The molecule has 1 saturated heterocycles. The molecule has 3 amide bonds. The first-order valence-electron chi connectivity index (χ1n) is 10.7. The Kier molecular flexibility index (Phi) is 6.40. The lowest BCUT2D eigenvalue weighted by atomic mass is 10.0. The van der Waals surface area contributed by atoms with Gasteiger partial charge in [0.15, 0.2) is 0 Å². The monoisotopic (exact) mass is 429 g/mol. The molecule has 1 fully saturated rings. The summed E-state index contributed by atoms with van der Waals surface area (Å²) in [6.45, 7) is 2.61. The van der Waals surface area contributed by atoms with E-state index in [1.807, 2.05) is 72.5 Å². The van der Waals surface area contributed by atoms with Crippen molar-refractivity contribution in [2.24, 2.45) is 0 Å². The van der Waals surface area contributed by atoms with E-state index < -0.39 is 0 Å². The third-order valence-electron chi connectivity index (χ3n) is 5.79. The number of nitrogens with zero attached hydrogens (tertiary/aromatic N) is 1. The summed E-state index contributed by atoms with van der Waals surface area (Å²) in [7, 11) is 1.64. The maximum Gasteiger partial charge on any atom is 0.322 e. The topological polar surface area (TPSA) is 70.7 Å². The highest BCUT2D eigenvalue weighted by atomic mass is 16.5. The van der Waals surface area contributed by atoms with Crippen LogP contribution < -0.4 is 15.4 Å². The smallest absolute Gasteiger partial charge is 0.322 e. The molecular formula is C26H27N3O3. The van der Waals surface area contributed by atoms with Gasteiger partial charge < -0.3 is 20.3 Å². The van der Waals surface area contributed by atoms with Crippen LogP contribution in [-0.2, 0) is 0 Å². The van der Waals surface area contributed by atoms with Gasteiger partial charge >= 0.3 is 6.03 Å². The summed E-state index contributed by atoms with van der Waals surface area (Å²) in [5.74, 6) is 0.577. The standard InChI is InChI=1S/C26H27N3O3/c1-18-10-11-20(25(30)27-21-7-4-3-5-8-21)17-23(18)28-26(31)29-16-6-9-24(29)19-12-14-22(32-2)15-13-19/h3-5,7-8,10-15,17,24H,6,9,16H2,1-2H3,(H,27,30)(H,28,31). The number of hydrogen-bond donors (Lipinski definition) is 2. The number of ether oxygens (including phenoxy) is 1. The fourth-order valence-corrected chi connectivity index (χ4v) is 3.99. The molecule has 6 nitrogen and oxygen atoms in total. The molecule has 164 valence electrons. The normalized spacial score (nSPS) is 15.3. The van der Waals surface area contributed by atoms with Gasteiger partial charge in [-0.1, -0.05) is 36.4 Å². The van der Waals surface area contributed by atoms with Gasteiger partial charge in [0.05, 0.1) is 13.2 Å². The first-order chi connectivity index (χ1) is 15.5. The fraction of sp³-hybridized carbons (Fsp3) is 0.231. The van der Waals surface area contributed by atoms with E-state index in [9.17, 15) is 9.59 Å². The second-order valence-corrected chi connectivity index (χ2v) is 7.90. The maximum absolute atomic E-state index is 13.1. The van der Waals surface area contributed by atoms with Crippen LogP contribution in [0.4, 0.5) is 16.2 Å². The van der Waals surface area contributed by atoms with Crippen molar-refractivity contribution >= 4 is 23.3 Å². The summed E-state index contributed by atoms with van der Waals surface area (Å²) in [5.41, 5.74) is 3.84. The largest absolute Gasteiger partial charge is 0.497 e. The highest BCUT2D eigenvalue weighted by Gasteiger charge is 2.30. The number of para-hydroxylation sites is 1. The average Bonchev–Trinajstić information content (AvgIpc) is 3.31. The van der Waals surface area contributed by atoms with Crippen molar-refractivity contribution in [3.63, 3.8) is 0 Å².